The van der Waals surface area contributed by atoms with Crippen molar-refractivity contribution < 1.29 is 17.9 Å². The molecule has 0 radical (unpaired) electrons. The number of carbonyl (C=O) groups is 1. The Labute approximate surface area is 174 Å². The maximum Gasteiger partial charge on any atom is 0.262 e. The molecule has 2 aromatic carbocycles. The van der Waals surface area contributed by atoms with Gasteiger partial charge in [-0.3, -0.25) is 9.52 Å². The summed E-state index contributed by atoms with van der Waals surface area (Å²) in [5.41, 5.74) is 1.26. The van der Waals surface area contributed by atoms with Gasteiger partial charge in [-0.15, -0.1) is 11.3 Å². The van der Waals surface area contributed by atoms with Crippen molar-refractivity contribution in [3.05, 3.63) is 76.0 Å². The first-order valence-electron chi connectivity index (χ1n) is 9.06. The predicted molar refractivity (Wildman–Crippen MR) is 115 cm³/mol. The number of benzene rings is 2. The van der Waals surface area contributed by atoms with Crippen LogP contribution < -0.4 is 14.8 Å². The van der Waals surface area contributed by atoms with Gasteiger partial charge in [0.15, 0.2) is 0 Å². The number of sulfonamides is 1. The summed E-state index contributed by atoms with van der Waals surface area (Å²) in [4.78, 5) is 13.5. The molecule has 0 unspecified atom stereocenters. The molecular weight excluding hydrogens is 408 g/mol. The van der Waals surface area contributed by atoms with Crippen LogP contribution in [0.3, 0.4) is 0 Å². The van der Waals surface area contributed by atoms with Crippen LogP contribution in [0, 0.1) is 6.92 Å². The van der Waals surface area contributed by atoms with Gasteiger partial charge in [0.1, 0.15) is 5.75 Å². The normalized spacial score (nSPS) is 11.1. The molecule has 6 nitrogen and oxygen atoms in total. The van der Waals surface area contributed by atoms with Crippen LogP contribution >= 0.6 is 11.3 Å². The van der Waals surface area contributed by atoms with Crippen LogP contribution in [0.1, 0.15) is 27.7 Å². The topological polar surface area (TPSA) is 84.5 Å². The molecule has 0 aliphatic carbocycles. The summed E-state index contributed by atoms with van der Waals surface area (Å²) in [6.07, 6.45) is 0. The van der Waals surface area contributed by atoms with E-state index in [2.05, 4.69) is 10.0 Å². The average Bonchev–Trinajstić information content (AvgIpc) is 3.21. The van der Waals surface area contributed by atoms with E-state index in [0.29, 0.717) is 35.7 Å². The molecule has 1 heterocycles. The number of amides is 1. The van der Waals surface area contributed by atoms with Crippen LogP contribution in [0.5, 0.6) is 5.75 Å². The van der Waals surface area contributed by atoms with E-state index >= 15 is 0 Å². The summed E-state index contributed by atoms with van der Waals surface area (Å²) in [5.74, 6) is 0.340. The van der Waals surface area contributed by atoms with E-state index in [0.717, 1.165) is 4.88 Å². The molecule has 1 aromatic heterocycles. The molecule has 1 amide bonds. The molecular formula is C21H22N2O4S2. The van der Waals surface area contributed by atoms with Crippen molar-refractivity contribution in [2.24, 2.45) is 0 Å². The molecule has 8 heteroatoms. The Hall–Kier alpha value is -2.84. The minimum absolute atomic E-state index is 0.0650. The highest BCUT2D eigenvalue weighted by Crippen LogP contribution is 2.23. The molecule has 29 heavy (non-hydrogen) atoms. The van der Waals surface area contributed by atoms with Gasteiger partial charge in [-0.05, 0) is 67.3 Å². The molecule has 0 spiro atoms. The number of hydrogen-bond acceptors (Lipinski definition) is 5. The Morgan fingerprint density at radius 3 is 2.52 bits per heavy atom. The second-order valence-corrected chi connectivity index (χ2v) is 8.99. The highest BCUT2D eigenvalue weighted by atomic mass is 32.2. The average molecular weight is 431 g/mol. The number of carbonyl (C=O) groups excluding carboxylic acids is 1. The van der Waals surface area contributed by atoms with Gasteiger partial charge in [0.2, 0.25) is 0 Å². The zero-order chi connectivity index (χ0) is 20.9. The van der Waals surface area contributed by atoms with Gasteiger partial charge in [-0.1, -0.05) is 12.1 Å². The third-order valence-electron chi connectivity index (χ3n) is 4.16. The Kier molecular flexibility index (Phi) is 6.56. The van der Waals surface area contributed by atoms with E-state index in [1.54, 1.807) is 54.7 Å². The van der Waals surface area contributed by atoms with Crippen LogP contribution in [0.15, 0.2) is 64.9 Å². The first-order chi connectivity index (χ1) is 13.9. The van der Waals surface area contributed by atoms with Crippen molar-refractivity contribution in [3.8, 4) is 5.75 Å². The Morgan fingerprint density at radius 1 is 1.10 bits per heavy atom. The number of nitrogens with one attached hydrogen (secondary N) is 2. The van der Waals surface area contributed by atoms with Crippen LogP contribution in [0.25, 0.3) is 0 Å². The van der Waals surface area contributed by atoms with Crippen molar-refractivity contribution in [3.63, 3.8) is 0 Å². The smallest absolute Gasteiger partial charge is 0.262 e. The van der Waals surface area contributed by atoms with E-state index in [1.807, 2.05) is 24.4 Å². The van der Waals surface area contributed by atoms with E-state index in [9.17, 15) is 13.2 Å². The first-order valence-corrected chi connectivity index (χ1v) is 11.4. The van der Waals surface area contributed by atoms with E-state index in [4.69, 9.17) is 4.74 Å². The molecule has 0 bridgehead atoms. The summed E-state index contributed by atoms with van der Waals surface area (Å²) in [6.45, 7) is 4.51. The minimum atomic E-state index is -3.85. The fraction of sp³-hybridized carbons (Fsp3) is 0.190. The maximum atomic E-state index is 12.9. The molecule has 0 aliphatic rings. The fourth-order valence-electron chi connectivity index (χ4n) is 2.71. The molecule has 0 atom stereocenters. The third-order valence-corrected chi connectivity index (χ3v) is 6.56. The lowest BCUT2D eigenvalue weighted by molar-refractivity contribution is 0.0951. The van der Waals surface area contributed by atoms with Crippen molar-refractivity contribution >= 4 is 33.0 Å². The Balaban J connectivity index is 1.77. The van der Waals surface area contributed by atoms with Crippen LogP contribution in [-0.2, 0) is 16.6 Å². The first kappa shape index (κ1) is 20.9. The van der Waals surface area contributed by atoms with Crippen LogP contribution in [0.4, 0.5) is 5.69 Å². The predicted octanol–water partition coefficient (Wildman–Crippen LogP) is 4.19. The molecule has 3 aromatic rings. The van der Waals surface area contributed by atoms with E-state index in [1.165, 1.54) is 6.07 Å². The highest BCUT2D eigenvalue weighted by molar-refractivity contribution is 7.92. The second kappa shape index (κ2) is 9.11. The zero-order valence-corrected chi connectivity index (χ0v) is 17.8. The van der Waals surface area contributed by atoms with Gasteiger partial charge in [-0.2, -0.15) is 0 Å². The molecule has 3 rings (SSSR count). The fourth-order valence-corrected chi connectivity index (χ4v) is 4.68. The minimum Gasteiger partial charge on any atom is -0.494 e. The Morgan fingerprint density at radius 2 is 1.86 bits per heavy atom. The number of ether oxygens (including phenoxy) is 1. The quantitative estimate of drug-likeness (QED) is 0.561. The number of thiophene rings is 1. The molecule has 152 valence electrons. The van der Waals surface area contributed by atoms with Crippen molar-refractivity contribution in [2.75, 3.05) is 11.3 Å². The largest absolute Gasteiger partial charge is 0.494 e. The zero-order valence-electron chi connectivity index (χ0n) is 16.1. The van der Waals surface area contributed by atoms with Crippen LogP contribution in [-0.4, -0.2) is 20.9 Å². The van der Waals surface area contributed by atoms with Crippen LogP contribution in [0.2, 0.25) is 0 Å². The summed E-state index contributed by atoms with van der Waals surface area (Å²) in [7, 11) is -3.85. The van der Waals surface area contributed by atoms with Crippen molar-refractivity contribution in [2.45, 2.75) is 25.3 Å². The van der Waals surface area contributed by atoms with E-state index < -0.39 is 10.0 Å². The lowest BCUT2D eigenvalue weighted by Crippen LogP contribution is -2.23. The van der Waals surface area contributed by atoms with Gasteiger partial charge in [0.05, 0.1) is 18.0 Å². The summed E-state index contributed by atoms with van der Waals surface area (Å²) >= 11 is 1.55. The van der Waals surface area contributed by atoms with Gasteiger partial charge < -0.3 is 10.1 Å². The lowest BCUT2D eigenvalue weighted by atomic mass is 10.1. The lowest BCUT2D eigenvalue weighted by Gasteiger charge is -2.13. The second-order valence-electron chi connectivity index (χ2n) is 6.31. The maximum absolute atomic E-state index is 12.9. The number of anilines is 1. The summed E-state index contributed by atoms with van der Waals surface area (Å²) in [6, 6.07) is 15.2. The highest BCUT2D eigenvalue weighted by Gasteiger charge is 2.19. The number of aryl methyl sites for hydroxylation is 1. The van der Waals surface area contributed by atoms with Gasteiger partial charge >= 0.3 is 0 Å². The third kappa shape index (κ3) is 5.36. The molecule has 2 N–H and O–H groups in total. The number of hydrogen-bond donors (Lipinski definition) is 2. The SMILES string of the molecule is CCOc1ccc(NS(=O)(=O)c2cc(C(=O)NCc3cccs3)ccc2C)cc1. The van der Waals surface area contributed by atoms with Crippen molar-refractivity contribution in [1.82, 2.24) is 5.32 Å². The monoisotopic (exact) mass is 430 g/mol. The summed E-state index contributed by atoms with van der Waals surface area (Å²) in [5, 5.41) is 4.74. The molecule has 0 saturated carbocycles. The van der Waals surface area contributed by atoms with E-state index in [-0.39, 0.29) is 10.8 Å². The molecule has 0 saturated heterocycles. The number of rotatable bonds is 8. The molecule has 0 aliphatic heterocycles. The summed E-state index contributed by atoms with van der Waals surface area (Å²) < 4.78 is 33.7. The van der Waals surface area contributed by atoms with Crippen molar-refractivity contribution in [1.29, 1.82) is 0 Å². The van der Waals surface area contributed by atoms with Gasteiger partial charge in [-0.25, -0.2) is 8.42 Å². The standard InChI is InChI=1S/C21H22N2O4S2/c1-3-27-18-10-8-17(9-11-18)23-29(25,26)20-13-16(7-6-15(20)2)21(24)22-14-19-5-4-12-28-19/h4-13,23H,3,14H2,1-2H3,(H,22,24). The van der Waals surface area contributed by atoms with Gasteiger partial charge in [0, 0.05) is 16.1 Å². The molecule has 0 fully saturated rings. The van der Waals surface area contributed by atoms with Gasteiger partial charge in [0.25, 0.3) is 15.9 Å². The Bertz CT molecular complexity index is 1080.